The van der Waals surface area contributed by atoms with Crippen molar-refractivity contribution < 1.29 is 9.53 Å². The Bertz CT molecular complexity index is 387. The number of hydrogen-bond acceptors (Lipinski definition) is 4. The van der Waals surface area contributed by atoms with Gasteiger partial charge in [0.05, 0.1) is 0 Å². The van der Waals surface area contributed by atoms with Gasteiger partial charge < -0.3 is 9.64 Å². The summed E-state index contributed by atoms with van der Waals surface area (Å²) in [5.41, 5.74) is 0.659. The molecule has 0 N–H and O–H groups in total. The van der Waals surface area contributed by atoms with Gasteiger partial charge in [-0.15, -0.1) is 0 Å². The Hall–Kier alpha value is -1.39. The fraction of sp³-hybridized carbons (Fsp3) is 0.500. The zero-order valence-corrected chi connectivity index (χ0v) is 10.8. The molecule has 0 saturated carbocycles. The molecule has 4 heteroatoms. The summed E-state index contributed by atoms with van der Waals surface area (Å²) in [5, 5.41) is 0. The Balaban J connectivity index is 1.73. The van der Waals surface area contributed by atoms with E-state index in [1.165, 1.54) is 0 Å². The van der Waals surface area contributed by atoms with E-state index < -0.39 is 0 Å². The molecule has 18 heavy (non-hydrogen) atoms. The van der Waals surface area contributed by atoms with Crippen LogP contribution in [-0.2, 0) is 0 Å². The summed E-state index contributed by atoms with van der Waals surface area (Å²) in [4.78, 5) is 15.4. The van der Waals surface area contributed by atoms with E-state index in [-0.39, 0.29) is 0 Å². The van der Waals surface area contributed by atoms with Crippen LogP contribution in [0.15, 0.2) is 24.3 Å². The van der Waals surface area contributed by atoms with Crippen molar-refractivity contribution in [2.24, 2.45) is 0 Å². The highest BCUT2D eigenvalue weighted by Crippen LogP contribution is 2.12. The van der Waals surface area contributed by atoms with Gasteiger partial charge >= 0.3 is 0 Å². The zero-order valence-electron chi connectivity index (χ0n) is 10.8. The minimum absolute atomic E-state index is 0.659. The van der Waals surface area contributed by atoms with E-state index in [1.807, 2.05) is 12.1 Å². The van der Waals surface area contributed by atoms with Crippen molar-refractivity contribution in [2.45, 2.75) is 0 Å². The lowest BCUT2D eigenvalue weighted by atomic mass is 10.2. The second-order valence-corrected chi connectivity index (χ2v) is 4.68. The Morgan fingerprint density at radius 2 is 2.06 bits per heavy atom. The third-order valence-electron chi connectivity index (χ3n) is 3.27. The van der Waals surface area contributed by atoms with Gasteiger partial charge in [0.15, 0.2) is 0 Å². The lowest BCUT2D eigenvalue weighted by Crippen LogP contribution is -2.45. The van der Waals surface area contributed by atoms with E-state index >= 15 is 0 Å². The molecule has 1 fully saturated rings. The zero-order chi connectivity index (χ0) is 12.8. The number of aldehydes is 1. The number of likely N-dealkylation sites (N-methyl/N-ethyl adjacent to an activating group) is 1. The average molecular weight is 248 g/mol. The first-order valence-electron chi connectivity index (χ1n) is 6.37. The molecule has 1 aromatic carbocycles. The number of nitrogens with zero attached hydrogens (tertiary/aromatic N) is 2. The summed E-state index contributed by atoms with van der Waals surface area (Å²) in [6.07, 6.45) is 0.841. The molecule has 1 aliphatic heterocycles. The van der Waals surface area contributed by atoms with Crippen molar-refractivity contribution in [3.63, 3.8) is 0 Å². The van der Waals surface area contributed by atoms with Crippen molar-refractivity contribution in [3.8, 4) is 5.75 Å². The maximum Gasteiger partial charge on any atom is 0.150 e. The second-order valence-electron chi connectivity index (χ2n) is 4.68. The van der Waals surface area contributed by atoms with E-state index in [0.29, 0.717) is 12.2 Å². The first-order valence-corrected chi connectivity index (χ1v) is 6.37. The molecule has 0 bridgehead atoms. The monoisotopic (exact) mass is 248 g/mol. The molecule has 1 heterocycles. The smallest absolute Gasteiger partial charge is 0.150 e. The number of carbonyl (C=O) groups is 1. The van der Waals surface area contributed by atoms with Gasteiger partial charge in [0.2, 0.25) is 0 Å². The third kappa shape index (κ3) is 3.82. The summed E-state index contributed by atoms with van der Waals surface area (Å²) < 4.78 is 5.66. The van der Waals surface area contributed by atoms with Gasteiger partial charge in [0.1, 0.15) is 18.6 Å². The van der Waals surface area contributed by atoms with Gasteiger partial charge in [0.25, 0.3) is 0 Å². The highest BCUT2D eigenvalue weighted by molar-refractivity contribution is 5.75. The van der Waals surface area contributed by atoms with Crippen LogP contribution in [0.3, 0.4) is 0 Å². The van der Waals surface area contributed by atoms with Crippen molar-refractivity contribution >= 4 is 6.29 Å². The van der Waals surface area contributed by atoms with Crippen LogP contribution in [-0.4, -0.2) is 62.5 Å². The lowest BCUT2D eigenvalue weighted by molar-refractivity contribution is 0.112. The van der Waals surface area contributed by atoms with E-state index in [0.717, 1.165) is 44.8 Å². The number of hydrogen-bond donors (Lipinski definition) is 0. The molecule has 0 spiro atoms. The summed E-state index contributed by atoms with van der Waals surface area (Å²) in [7, 11) is 2.15. The largest absolute Gasteiger partial charge is 0.492 e. The number of ether oxygens (including phenoxy) is 1. The van der Waals surface area contributed by atoms with Crippen molar-refractivity contribution in [1.29, 1.82) is 0 Å². The highest BCUT2D eigenvalue weighted by Gasteiger charge is 2.12. The van der Waals surface area contributed by atoms with Gasteiger partial charge in [-0.2, -0.15) is 0 Å². The SMILES string of the molecule is CN1CCN(CCOc2cccc(C=O)c2)CC1. The van der Waals surface area contributed by atoms with Gasteiger partial charge in [-0.25, -0.2) is 0 Å². The first kappa shape index (κ1) is 13.1. The fourth-order valence-electron chi connectivity index (χ4n) is 2.04. The minimum atomic E-state index is 0.659. The Morgan fingerprint density at radius 1 is 1.28 bits per heavy atom. The van der Waals surface area contributed by atoms with Crippen LogP contribution in [0.25, 0.3) is 0 Å². The summed E-state index contributed by atoms with van der Waals surface area (Å²) in [6.45, 7) is 6.08. The maximum absolute atomic E-state index is 10.6. The number of carbonyl (C=O) groups excluding carboxylic acids is 1. The number of benzene rings is 1. The van der Waals surface area contributed by atoms with Crippen LogP contribution in [0.1, 0.15) is 10.4 Å². The molecule has 1 saturated heterocycles. The van der Waals surface area contributed by atoms with E-state index in [9.17, 15) is 4.79 Å². The van der Waals surface area contributed by atoms with Crippen molar-refractivity contribution in [2.75, 3.05) is 46.4 Å². The normalized spacial score (nSPS) is 17.6. The van der Waals surface area contributed by atoms with Gasteiger partial charge in [-0.1, -0.05) is 12.1 Å². The molecular formula is C14H20N2O2. The molecule has 98 valence electrons. The lowest BCUT2D eigenvalue weighted by Gasteiger charge is -2.32. The van der Waals surface area contributed by atoms with Crippen LogP contribution in [0.2, 0.25) is 0 Å². The maximum atomic E-state index is 10.6. The minimum Gasteiger partial charge on any atom is -0.492 e. The molecule has 1 aromatic rings. The Morgan fingerprint density at radius 3 is 2.78 bits per heavy atom. The van der Waals surface area contributed by atoms with Crippen LogP contribution < -0.4 is 4.74 Å². The van der Waals surface area contributed by atoms with E-state index in [4.69, 9.17) is 4.74 Å². The van der Waals surface area contributed by atoms with Crippen molar-refractivity contribution in [3.05, 3.63) is 29.8 Å². The molecule has 0 atom stereocenters. The van der Waals surface area contributed by atoms with Gasteiger partial charge in [-0.05, 0) is 19.2 Å². The van der Waals surface area contributed by atoms with Crippen molar-refractivity contribution in [1.82, 2.24) is 9.80 Å². The standard InChI is InChI=1S/C14H20N2O2/c1-15-5-7-16(8-6-15)9-10-18-14-4-2-3-13(11-14)12-17/h2-4,11-12H,5-10H2,1H3. The fourth-order valence-corrected chi connectivity index (χ4v) is 2.04. The molecular weight excluding hydrogens is 228 g/mol. The van der Waals surface area contributed by atoms with Crippen LogP contribution in [0, 0.1) is 0 Å². The molecule has 2 rings (SSSR count). The topological polar surface area (TPSA) is 32.8 Å². The first-order chi connectivity index (χ1) is 8.78. The van der Waals surface area contributed by atoms with E-state index in [2.05, 4.69) is 16.8 Å². The number of rotatable bonds is 5. The molecule has 4 nitrogen and oxygen atoms in total. The molecule has 0 aromatic heterocycles. The van der Waals surface area contributed by atoms with E-state index in [1.54, 1.807) is 12.1 Å². The summed E-state index contributed by atoms with van der Waals surface area (Å²) in [6, 6.07) is 7.28. The predicted octanol–water partition coefficient (Wildman–Crippen LogP) is 1.13. The molecule has 0 aliphatic carbocycles. The molecule has 0 radical (unpaired) electrons. The molecule has 0 unspecified atom stereocenters. The summed E-state index contributed by atoms with van der Waals surface area (Å²) in [5.74, 6) is 0.772. The highest BCUT2D eigenvalue weighted by atomic mass is 16.5. The predicted molar refractivity (Wildman–Crippen MR) is 71.3 cm³/mol. The average Bonchev–Trinajstić information content (AvgIpc) is 2.41. The third-order valence-corrected chi connectivity index (χ3v) is 3.27. The quantitative estimate of drug-likeness (QED) is 0.731. The van der Waals surface area contributed by atoms with Crippen LogP contribution >= 0.6 is 0 Å². The Kier molecular flexibility index (Phi) is 4.73. The molecule has 0 amide bonds. The van der Waals surface area contributed by atoms with Crippen LogP contribution in [0.5, 0.6) is 5.75 Å². The van der Waals surface area contributed by atoms with Gasteiger partial charge in [0, 0.05) is 38.3 Å². The Labute approximate surface area is 108 Å². The number of piperazine rings is 1. The molecule has 1 aliphatic rings. The summed E-state index contributed by atoms with van der Waals surface area (Å²) >= 11 is 0. The second kappa shape index (κ2) is 6.52. The van der Waals surface area contributed by atoms with Gasteiger partial charge in [-0.3, -0.25) is 9.69 Å². The van der Waals surface area contributed by atoms with Crippen LogP contribution in [0.4, 0.5) is 0 Å².